The van der Waals surface area contributed by atoms with E-state index < -0.39 is 5.97 Å². The largest absolute Gasteiger partial charge is 0.465 e. The maximum absolute atomic E-state index is 13.6. The van der Waals surface area contributed by atoms with Gasteiger partial charge < -0.3 is 4.74 Å². The van der Waals surface area contributed by atoms with Gasteiger partial charge in [0.15, 0.2) is 0 Å². The Balaban J connectivity index is 1.97. The average molecular weight is 396 g/mol. The normalized spacial score (nSPS) is 11.1. The van der Waals surface area contributed by atoms with Gasteiger partial charge in [0, 0.05) is 11.8 Å². The summed E-state index contributed by atoms with van der Waals surface area (Å²) in [5, 5.41) is 0. The number of hydrogen-bond donors (Lipinski definition) is 0. The smallest absolute Gasteiger partial charge is 0.340 e. The second-order valence-electron chi connectivity index (χ2n) is 6.95. The minimum absolute atomic E-state index is 0.303. The molecule has 2 heterocycles. The summed E-state index contributed by atoms with van der Waals surface area (Å²) in [5.41, 5.74) is 5.74. The molecule has 2 aromatic heterocycles. The molecule has 0 spiro atoms. The van der Waals surface area contributed by atoms with Crippen LogP contribution in [0.3, 0.4) is 0 Å². The van der Waals surface area contributed by atoms with Gasteiger partial charge in [-0.25, -0.2) is 14.2 Å². The van der Waals surface area contributed by atoms with E-state index in [9.17, 15) is 9.18 Å². The van der Waals surface area contributed by atoms with Crippen LogP contribution in [0.5, 0.6) is 0 Å². The van der Waals surface area contributed by atoms with Gasteiger partial charge in [0.1, 0.15) is 17.0 Å². The summed E-state index contributed by atoms with van der Waals surface area (Å²) >= 11 is 0. The van der Waals surface area contributed by atoms with Gasteiger partial charge in [-0.1, -0.05) is 48.5 Å². The topological polar surface area (TPSA) is 43.6 Å². The Morgan fingerprint density at radius 3 is 2.33 bits per heavy atom. The van der Waals surface area contributed by atoms with Gasteiger partial charge in [0.2, 0.25) is 0 Å². The van der Waals surface area contributed by atoms with Crippen LogP contribution < -0.4 is 0 Å². The molecule has 146 valence electrons. The van der Waals surface area contributed by atoms with Crippen molar-refractivity contribution in [3.05, 3.63) is 96.4 Å². The fourth-order valence-electron chi connectivity index (χ4n) is 3.84. The van der Waals surface area contributed by atoms with Crippen LogP contribution in [0.2, 0.25) is 0 Å². The van der Waals surface area contributed by atoms with Crippen molar-refractivity contribution in [2.75, 3.05) is 7.11 Å². The zero-order chi connectivity index (χ0) is 20.7. The molecule has 0 radical (unpaired) electrons. The Hall–Kier alpha value is -3.99. The van der Waals surface area contributed by atoms with Crippen LogP contribution >= 0.6 is 0 Å². The number of esters is 1. The number of fused-ring (bicyclic) bond motifs is 3. The molecule has 0 N–H and O–H groups in total. The van der Waals surface area contributed by atoms with Gasteiger partial charge in [-0.3, -0.25) is 4.40 Å². The molecular formula is C25H17FN2O2. The lowest BCUT2D eigenvalue weighted by Gasteiger charge is -2.14. The molecule has 0 amide bonds. The van der Waals surface area contributed by atoms with Crippen molar-refractivity contribution < 1.29 is 13.9 Å². The number of halogens is 1. The lowest BCUT2D eigenvalue weighted by Crippen LogP contribution is -2.06. The number of ether oxygens (including phenoxy) is 1. The van der Waals surface area contributed by atoms with Crippen molar-refractivity contribution in [2.24, 2.45) is 0 Å². The molecule has 0 saturated carbocycles. The predicted molar refractivity (Wildman–Crippen MR) is 115 cm³/mol. The third kappa shape index (κ3) is 2.83. The second kappa shape index (κ2) is 7.12. The molecule has 0 aliphatic rings. The number of carbonyl (C=O) groups excluding carboxylic acids is 1. The van der Waals surface area contributed by atoms with Crippen LogP contribution in [-0.2, 0) is 4.74 Å². The fraction of sp³-hybridized carbons (Fsp3) is 0.0400. The molecule has 3 aromatic carbocycles. The van der Waals surface area contributed by atoms with E-state index in [1.165, 1.54) is 19.2 Å². The Kier molecular flexibility index (Phi) is 4.29. The van der Waals surface area contributed by atoms with E-state index in [2.05, 4.69) is 0 Å². The highest BCUT2D eigenvalue weighted by Crippen LogP contribution is 2.38. The number of aromatic nitrogens is 2. The van der Waals surface area contributed by atoms with E-state index >= 15 is 0 Å². The van der Waals surface area contributed by atoms with E-state index in [0.717, 1.165) is 27.8 Å². The van der Waals surface area contributed by atoms with Crippen molar-refractivity contribution in [3.63, 3.8) is 0 Å². The molecular weight excluding hydrogens is 379 g/mol. The number of pyridine rings is 1. The van der Waals surface area contributed by atoms with E-state index in [4.69, 9.17) is 9.72 Å². The quantitative estimate of drug-likeness (QED) is 0.365. The molecule has 0 atom stereocenters. The Morgan fingerprint density at radius 2 is 1.60 bits per heavy atom. The van der Waals surface area contributed by atoms with Crippen molar-refractivity contribution >= 4 is 22.6 Å². The van der Waals surface area contributed by atoms with Crippen LogP contribution in [-0.4, -0.2) is 22.5 Å². The standard InChI is InChI=1S/C25H17FN2O2/c1-30-25(29)22-19(16-7-3-2-4-8-16)15-20(17-10-12-18(26)13-11-17)24-23(22)27-21-9-5-6-14-28(21)24/h2-15H,1H3. The van der Waals surface area contributed by atoms with Gasteiger partial charge in [-0.2, -0.15) is 0 Å². The van der Waals surface area contributed by atoms with Gasteiger partial charge in [0.05, 0.1) is 18.2 Å². The third-order valence-electron chi connectivity index (χ3n) is 5.21. The number of carbonyl (C=O) groups is 1. The van der Waals surface area contributed by atoms with E-state index in [1.807, 2.05) is 65.2 Å². The molecule has 0 fully saturated rings. The van der Waals surface area contributed by atoms with E-state index in [1.54, 1.807) is 12.1 Å². The number of nitrogens with zero attached hydrogens (tertiary/aromatic N) is 2. The van der Waals surface area contributed by atoms with Crippen molar-refractivity contribution in [2.45, 2.75) is 0 Å². The van der Waals surface area contributed by atoms with Crippen LogP contribution in [0.25, 0.3) is 38.9 Å². The Bertz CT molecular complexity index is 1390. The first kappa shape index (κ1) is 18.1. The van der Waals surface area contributed by atoms with Crippen LogP contribution in [0.4, 0.5) is 4.39 Å². The van der Waals surface area contributed by atoms with Crippen molar-refractivity contribution in [1.82, 2.24) is 9.38 Å². The van der Waals surface area contributed by atoms with Gasteiger partial charge in [-0.05, 0) is 47.0 Å². The highest BCUT2D eigenvalue weighted by Gasteiger charge is 2.24. The van der Waals surface area contributed by atoms with Crippen LogP contribution in [0.15, 0.2) is 85.1 Å². The second-order valence-corrected chi connectivity index (χ2v) is 6.95. The first-order chi connectivity index (χ1) is 14.7. The van der Waals surface area contributed by atoms with E-state index in [-0.39, 0.29) is 5.82 Å². The van der Waals surface area contributed by atoms with Crippen LogP contribution in [0.1, 0.15) is 10.4 Å². The molecule has 0 bridgehead atoms. The third-order valence-corrected chi connectivity index (χ3v) is 5.21. The highest BCUT2D eigenvalue weighted by atomic mass is 19.1. The van der Waals surface area contributed by atoms with Crippen molar-refractivity contribution in [3.8, 4) is 22.3 Å². The monoisotopic (exact) mass is 396 g/mol. The number of benzene rings is 3. The lowest BCUT2D eigenvalue weighted by atomic mass is 9.92. The minimum atomic E-state index is -0.451. The van der Waals surface area contributed by atoms with Crippen LogP contribution in [0, 0.1) is 5.82 Å². The minimum Gasteiger partial charge on any atom is -0.465 e. The first-order valence-corrected chi connectivity index (χ1v) is 9.51. The molecule has 0 saturated heterocycles. The summed E-state index contributed by atoms with van der Waals surface area (Å²) in [7, 11) is 1.37. The van der Waals surface area contributed by atoms with E-state index in [0.29, 0.717) is 16.7 Å². The molecule has 5 rings (SSSR count). The first-order valence-electron chi connectivity index (χ1n) is 9.51. The molecule has 0 aliphatic heterocycles. The molecule has 5 aromatic rings. The lowest BCUT2D eigenvalue weighted by molar-refractivity contribution is 0.0603. The summed E-state index contributed by atoms with van der Waals surface area (Å²) in [5.74, 6) is -0.754. The predicted octanol–water partition coefficient (Wildman–Crippen LogP) is 5.75. The molecule has 0 aliphatic carbocycles. The molecule has 0 unspecified atom stereocenters. The summed E-state index contributed by atoms with van der Waals surface area (Å²) in [6, 6.07) is 23.6. The molecule has 4 nitrogen and oxygen atoms in total. The maximum Gasteiger partial charge on any atom is 0.340 e. The Labute approximate surface area is 172 Å². The number of imidazole rings is 1. The maximum atomic E-state index is 13.6. The highest BCUT2D eigenvalue weighted by molar-refractivity contribution is 6.13. The molecule has 30 heavy (non-hydrogen) atoms. The molecule has 5 heteroatoms. The fourth-order valence-corrected chi connectivity index (χ4v) is 3.84. The van der Waals surface area contributed by atoms with Gasteiger partial charge in [0.25, 0.3) is 0 Å². The van der Waals surface area contributed by atoms with Gasteiger partial charge >= 0.3 is 5.97 Å². The number of hydrogen-bond acceptors (Lipinski definition) is 3. The number of methoxy groups -OCH3 is 1. The number of rotatable bonds is 3. The summed E-state index contributed by atoms with van der Waals surface area (Å²) in [6.07, 6.45) is 1.90. The zero-order valence-electron chi connectivity index (χ0n) is 16.2. The zero-order valence-corrected chi connectivity index (χ0v) is 16.2. The van der Waals surface area contributed by atoms with Gasteiger partial charge in [-0.15, -0.1) is 0 Å². The Morgan fingerprint density at radius 1 is 0.900 bits per heavy atom. The summed E-state index contributed by atoms with van der Waals surface area (Å²) in [4.78, 5) is 17.6. The summed E-state index contributed by atoms with van der Waals surface area (Å²) < 4.78 is 20.7. The SMILES string of the molecule is COC(=O)c1c(-c2ccccc2)cc(-c2ccc(F)cc2)c2c1nc1ccccn12. The average Bonchev–Trinajstić information content (AvgIpc) is 3.18. The van der Waals surface area contributed by atoms with Crippen molar-refractivity contribution in [1.29, 1.82) is 0 Å². The summed E-state index contributed by atoms with van der Waals surface area (Å²) in [6.45, 7) is 0.